The Kier molecular flexibility index (Phi) is 4.38. The van der Waals surface area contributed by atoms with Crippen LogP contribution < -0.4 is 5.32 Å². The summed E-state index contributed by atoms with van der Waals surface area (Å²) < 4.78 is -0.953. The van der Waals surface area contributed by atoms with Crippen molar-refractivity contribution in [1.29, 1.82) is 0 Å². The van der Waals surface area contributed by atoms with Crippen molar-refractivity contribution >= 4 is 45.6 Å². The highest BCUT2D eigenvalue weighted by molar-refractivity contribution is 7.15. The molecule has 0 aliphatic heterocycles. The third-order valence-electron chi connectivity index (χ3n) is 3.44. The molecular weight excluding hydrogens is 305 g/mol. The average Bonchev–Trinajstić information content (AvgIpc) is 2.70. The maximum atomic E-state index is 12.0. The summed E-state index contributed by atoms with van der Waals surface area (Å²) in [5.74, 6) is -0.186. The van der Waals surface area contributed by atoms with Crippen LogP contribution in [0.2, 0.25) is 0 Å². The molecule has 7 heteroatoms. The number of aromatic nitrogens is 2. The Hall–Kier alpha value is -0.390. The first-order chi connectivity index (χ1) is 8.89. The van der Waals surface area contributed by atoms with E-state index in [9.17, 15) is 4.79 Å². The minimum atomic E-state index is -0.953. The molecule has 1 fully saturated rings. The molecule has 1 heterocycles. The molecule has 0 radical (unpaired) electrons. The molecule has 106 valence electrons. The standard InChI is InChI=1S/C12H17Cl2N3OS/c1-3-4-5-6-8-16-17-10(19-8)15-9(18)11(2)7-12(11,13)14/h3-7H2,1-2H3,(H,15,17,18). The zero-order valence-corrected chi connectivity index (χ0v) is 13.3. The van der Waals surface area contributed by atoms with Gasteiger partial charge in [0.1, 0.15) is 9.34 Å². The van der Waals surface area contributed by atoms with Gasteiger partial charge in [-0.25, -0.2) is 0 Å². The third kappa shape index (κ3) is 3.20. The first-order valence-electron chi connectivity index (χ1n) is 6.41. The Balaban J connectivity index is 1.88. The minimum absolute atomic E-state index is 0.186. The van der Waals surface area contributed by atoms with Crippen LogP contribution in [0.15, 0.2) is 0 Å². The van der Waals surface area contributed by atoms with Crippen LogP contribution in [-0.4, -0.2) is 20.4 Å². The minimum Gasteiger partial charge on any atom is -0.300 e. The van der Waals surface area contributed by atoms with Crippen molar-refractivity contribution in [2.75, 3.05) is 5.32 Å². The van der Waals surface area contributed by atoms with Crippen molar-refractivity contribution in [3.63, 3.8) is 0 Å². The largest absolute Gasteiger partial charge is 0.300 e. The maximum absolute atomic E-state index is 12.0. The van der Waals surface area contributed by atoms with Crippen molar-refractivity contribution < 1.29 is 4.79 Å². The summed E-state index contributed by atoms with van der Waals surface area (Å²) in [6.45, 7) is 3.91. The summed E-state index contributed by atoms with van der Waals surface area (Å²) in [6, 6.07) is 0. The lowest BCUT2D eigenvalue weighted by molar-refractivity contribution is -0.120. The zero-order chi connectivity index (χ0) is 14.1. The van der Waals surface area contributed by atoms with Crippen LogP contribution in [-0.2, 0) is 11.2 Å². The molecule has 0 aromatic carbocycles. The Morgan fingerprint density at radius 2 is 2.11 bits per heavy atom. The predicted octanol–water partition coefficient (Wildman–Crippen LogP) is 3.79. The number of aryl methyl sites for hydroxylation is 1. The van der Waals surface area contributed by atoms with Gasteiger partial charge in [0.15, 0.2) is 0 Å². The molecule has 1 aromatic rings. The van der Waals surface area contributed by atoms with Gasteiger partial charge in [0, 0.05) is 6.42 Å². The fourth-order valence-electron chi connectivity index (χ4n) is 1.81. The van der Waals surface area contributed by atoms with E-state index < -0.39 is 9.75 Å². The van der Waals surface area contributed by atoms with Gasteiger partial charge in [0.2, 0.25) is 11.0 Å². The number of rotatable bonds is 6. The van der Waals surface area contributed by atoms with Crippen LogP contribution in [0.4, 0.5) is 5.13 Å². The highest BCUT2D eigenvalue weighted by Gasteiger charge is 2.68. The number of nitrogens with one attached hydrogen (secondary N) is 1. The molecule has 2 rings (SSSR count). The van der Waals surface area contributed by atoms with Crippen LogP contribution in [0.3, 0.4) is 0 Å². The quantitative estimate of drug-likeness (QED) is 0.640. The molecule has 1 aliphatic rings. The molecule has 4 nitrogen and oxygen atoms in total. The fourth-order valence-corrected chi connectivity index (χ4v) is 3.30. The van der Waals surface area contributed by atoms with E-state index in [-0.39, 0.29) is 5.91 Å². The number of alkyl halides is 2. The summed E-state index contributed by atoms with van der Waals surface area (Å²) in [4.78, 5) is 12.0. The summed E-state index contributed by atoms with van der Waals surface area (Å²) >= 11 is 13.4. The second-order valence-electron chi connectivity index (χ2n) is 5.13. The smallest absolute Gasteiger partial charge is 0.235 e. The molecule has 1 amide bonds. The van der Waals surface area contributed by atoms with E-state index in [0.29, 0.717) is 11.6 Å². The van der Waals surface area contributed by atoms with Crippen LogP contribution in [0, 0.1) is 5.41 Å². The Morgan fingerprint density at radius 1 is 1.42 bits per heavy atom. The number of carbonyl (C=O) groups is 1. The zero-order valence-electron chi connectivity index (χ0n) is 11.0. The lowest BCUT2D eigenvalue weighted by Crippen LogP contribution is -2.25. The number of unbranched alkanes of at least 4 members (excludes halogenated alkanes) is 2. The van der Waals surface area contributed by atoms with Crippen molar-refractivity contribution in [1.82, 2.24) is 10.2 Å². The van der Waals surface area contributed by atoms with Gasteiger partial charge >= 0.3 is 0 Å². The number of amides is 1. The number of carbonyl (C=O) groups excluding carboxylic acids is 1. The average molecular weight is 322 g/mol. The molecule has 1 N–H and O–H groups in total. The molecular formula is C12H17Cl2N3OS. The van der Waals surface area contributed by atoms with Gasteiger partial charge in [-0.3, -0.25) is 10.1 Å². The number of hydrogen-bond donors (Lipinski definition) is 1. The Bertz CT molecular complexity index is 477. The van der Waals surface area contributed by atoms with Crippen molar-refractivity contribution in [2.24, 2.45) is 5.41 Å². The number of nitrogens with zero attached hydrogens (tertiary/aromatic N) is 2. The van der Waals surface area contributed by atoms with Gasteiger partial charge in [0.05, 0.1) is 5.41 Å². The Morgan fingerprint density at radius 3 is 2.68 bits per heavy atom. The van der Waals surface area contributed by atoms with Gasteiger partial charge in [-0.05, 0) is 19.8 Å². The van der Waals surface area contributed by atoms with Crippen LogP contribution in [0.1, 0.15) is 44.5 Å². The molecule has 0 bridgehead atoms. The monoisotopic (exact) mass is 321 g/mol. The summed E-state index contributed by atoms with van der Waals surface area (Å²) in [5.41, 5.74) is -0.718. The van der Waals surface area contributed by atoms with Crippen molar-refractivity contribution in [3.8, 4) is 0 Å². The van der Waals surface area contributed by atoms with Gasteiger partial charge in [-0.15, -0.1) is 33.4 Å². The summed E-state index contributed by atoms with van der Waals surface area (Å²) in [6.07, 6.45) is 4.84. The molecule has 0 spiro atoms. The van der Waals surface area contributed by atoms with E-state index in [1.807, 2.05) is 0 Å². The molecule has 19 heavy (non-hydrogen) atoms. The fraction of sp³-hybridized carbons (Fsp3) is 0.750. The lowest BCUT2D eigenvalue weighted by Gasteiger charge is -2.09. The van der Waals surface area contributed by atoms with E-state index in [1.54, 1.807) is 6.92 Å². The van der Waals surface area contributed by atoms with E-state index in [0.717, 1.165) is 17.8 Å². The molecule has 1 aliphatic carbocycles. The van der Waals surface area contributed by atoms with E-state index in [4.69, 9.17) is 23.2 Å². The molecule has 1 aromatic heterocycles. The second kappa shape index (κ2) is 5.54. The SMILES string of the molecule is CCCCCc1nnc(NC(=O)C2(C)CC2(Cl)Cl)s1. The van der Waals surface area contributed by atoms with Crippen LogP contribution in [0.5, 0.6) is 0 Å². The van der Waals surface area contributed by atoms with Crippen LogP contribution in [0.25, 0.3) is 0 Å². The predicted molar refractivity (Wildman–Crippen MR) is 78.9 cm³/mol. The normalized spacial score (nSPS) is 24.2. The van der Waals surface area contributed by atoms with Crippen molar-refractivity contribution in [3.05, 3.63) is 5.01 Å². The second-order valence-corrected chi connectivity index (χ2v) is 7.67. The maximum Gasteiger partial charge on any atom is 0.235 e. The van der Waals surface area contributed by atoms with Gasteiger partial charge in [0.25, 0.3) is 0 Å². The molecule has 1 saturated carbocycles. The Labute approximate surface area is 126 Å². The van der Waals surface area contributed by atoms with E-state index in [2.05, 4.69) is 22.4 Å². The number of halogens is 2. The van der Waals surface area contributed by atoms with E-state index >= 15 is 0 Å². The van der Waals surface area contributed by atoms with Crippen LogP contribution >= 0.6 is 34.5 Å². The summed E-state index contributed by atoms with van der Waals surface area (Å²) in [7, 11) is 0. The molecule has 0 saturated heterocycles. The number of hydrogen-bond acceptors (Lipinski definition) is 4. The van der Waals surface area contributed by atoms with E-state index in [1.165, 1.54) is 24.2 Å². The highest BCUT2D eigenvalue weighted by Crippen LogP contribution is 2.64. The topological polar surface area (TPSA) is 54.9 Å². The van der Waals surface area contributed by atoms with Gasteiger partial charge in [-0.1, -0.05) is 31.1 Å². The number of anilines is 1. The van der Waals surface area contributed by atoms with Gasteiger partial charge < -0.3 is 0 Å². The summed E-state index contributed by atoms with van der Waals surface area (Å²) in [5, 5.41) is 12.3. The lowest BCUT2D eigenvalue weighted by atomic mass is 10.1. The highest BCUT2D eigenvalue weighted by atomic mass is 35.5. The molecule has 1 unspecified atom stereocenters. The first-order valence-corrected chi connectivity index (χ1v) is 7.98. The van der Waals surface area contributed by atoms with Gasteiger partial charge in [-0.2, -0.15) is 0 Å². The third-order valence-corrected chi connectivity index (χ3v) is 5.44. The molecule has 1 atom stereocenters. The van der Waals surface area contributed by atoms with Crippen molar-refractivity contribution in [2.45, 2.75) is 50.3 Å². The first kappa shape index (κ1) is 15.0.